The van der Waals surface area contributed by atoms with E-state index in [4.69, 9.17) is 5.84 Å². The van der Waals surface area contributed by atoms with E-state index in [-0.39, 0.29) is 11.4 Å². The summed E-state index contributed by atoms with van der Waals surface area (Å²) in [5.41, 5.74) is 5.10. The number of nitrogen functional groups attached to an aromatic ring is 1. The molecule has 3 aromatic rings. The maximum absolute atomic E-state index is 14.0. The number of nitrogens with one attached hydrogen (secondary N) is 2. The Bertz CT molecular complexity index is 819. The Balaban J connectivity index is 1.89. The average Bonchev–Trinajstić information content (AvgIpc) is 2.95. The quantitative estimate of drug-likeness (QED) is 0.510. The van der Waals surface area contributed by atoms with Crippen molar-refractivity contribution in [1.82, 2.24) is 9.97 Å². The van der Waals surface area contributed by atoms with E-state index >= 15 is 0 Å². The molecule has 0 spiro atoms. The number of rotatable bonds is 3. The second kappa shape index (κ2) is 5.43. The van der Waals surface area contributed by atoms with Crippen LogP contribution in [0.5, 0.6) is 0 Å². The lowest BCUT2D eigenvalue weighted by Crippen LogP contribution is -2.17. The lowest BCUT2D eigenvalue weighted by Gasteiger charge is -2.08. The summed E-state index contributed by atoms with van der Waals surface area (Å²) in [5, 5.41) is 2.64. The zero-order valence-electron chi connectivity index (χ0n) is 10.6. The summed E-state index contributed by atoms with van der Waals surface area (Å²) in [6, 6.07) is 6.57. The number of carbonyl (C=O) groups excluding carboxylic acids is 1. The number of thiazole rings is 1. The van der Waals surface area contributed by atoms with Gasteiger partial charge in [0.1, 0.15) is 0 Å². The Morgan fingerprint density at radius 1 is 1.29 bits per heavy atom. The Morgan fingerprint density at radius 3 is 2.95 bits per heavy atom. The number of halogens is 1. The van der Waals surface area contributed by atoms with E-state index < -0.39 is 11.7 Å². The van der Waals surface area contributed by atoms with Crippen molar-refractivity contribution in [3.05, 3.63) is 47.4 Å². The lowest BCUT2D eigenvalue weighted by molar-refractivity contribution is 0.102. The fourth-order valence-electron chi connectivity index (χ4n) is 1.85. The van der Waals surface area contributed by atoms with Gasteiger partial charge >= 0.3 is 0 Å². The Labute approximate surface area is 122 Å². The largest absolute Gasteiger partial charge is 0.322 e. The molecule has 0 saturated carbocycles. The van der Waals surface area contributed by atoms with E-state index in [2.05, 4.69) is 20.7 Å². The van der Waals surface area contributed by atoms with Crippen molar-refractivity contribution in [2.75, 3.05) is 10.7 Å². The van der Waals surface area contributed by atoms with Crippen LogP contribution < -0.4 is 16.6 Å². The SMILES string of the molecule is NNc1nccc(C(=O)Nc2ccc3ncsc3c2)c1F. The fourth-order valence-corrected chi connectivity index (χ4v) is 2.57. The van der Waals surface area contributed by atoms with Crippen LogP contribution in [0.3, 0.4) is 0 Å². The van der Waals surface area contributed by atoms with Gasteiger partial charge in [0.25, 0.3) is 5.91 Å². The number of benzene rings is 1. The zero-order valence-corrected chi connectivity index (χ0v) is 11.4. The molecule has 2 aromatic heterocycles. The molecule has 8 heteroatoms. The smallest absolute Gasteiger partial charge is 0.258 e. The summed E-state index contributed by atoms with van der Waals surface area (Å²) in [7, 11) is 0. The minimum atomic E-state index is -0.795. The highest BCUT2D eigenvalue weighted by Gasteiger charge is 2.16. The van der Waals surface area contributed by atoms with Crippen molar-refractivity contribution in [2.45, 2.75) is 0 Å². The van der Waals surface area contributed by atoms with Gasteiger partial charge in [-0.3, -0.25) is 4.79 Å². The summed E-state index contributed by atoms with van der Waals surface area (Å²) in [6.07, 6.45) is 1.31. The molecular weight excluding hydrogens is 293 g/mol. The number of carbonyl (C=O) groups is 1. The van der Waals surface area contributed by atoms with Crippen molar-refractivity contribution < 1.29 is 9.18 Å². The molecule has 106 valence electrons. The standard InChI is InChI=1S/C13H10FN5OS/c14-11-8(3-4-16-12(11)19-15)13(20)18-7-1-2-9-10(5-7)21-6-17-9/h1-6H,15H2,(H,16,19)(H,18,20). The number of hydrogen-bond acceptors (Lipinski definition) is 6. The number of nitrogens with two attached hydrogens (primary N) is 1. The van der Waals surface area contributed by atoms with Crippen LogP contribution in [0.15, 0.2) is 36.0 Å². The van der Waals surface area contributed by atoms with Crippen molar-refractivity contribution in [3.8, 4) is 0 Å². The number of amides is 1. The van der Waals surface area contributed by atoms with E-state index in [1.165, 1.54) is 23.6 Å². The van der Waals surface area contributed by atoms with Crippen molar-refractivity contribution in [2.24, 2.45) is 5.84 Å². The highest BCUT2D eigenvalue weighted by atomic mass is 32.1. The molecule has 0 fully saturated rings. The Kier molecular flexibility index (Phi) is 3.46. The highest BCUT2D eigenvalue weighted by molar-refractivity contribution is 7.16. The second-order valence-electron chi connectivity index (χ2n) is 4.15. The minimum Gasteiger partial charge on any atom is -0.322 e. The zero-order chi connectivity index (χ0) is 14.8. The topological polar surface area (TPSA) is 92.9 Å². The first-order valence-corrected chi connectivity index (χ1v) is 6.82. The van der Waals surface area contributed by atoms with Crippen LogP contribution in [0, 0.1) is 5.82 Å². The molecule has 0 saturated heterocycles. The van der Waals surface area contributed by atoms with Crippen LogP contribution in [-0.2, 0) is 0 Å². The number of hydrazine groups is 1. The molecule has 6 nitrogen and oxygen atoms in total. The van der Waals surface area contributed by atoms with Gasteiger partial charge < -0.3 is 10.7 Å². The highest BCUT2D eigenvalue weighted by Crippen LogP contribution is 2.23. The predicted molar refractivity (Wildman–Crippen MR) is 79.6 cm³/mol. The monoisotopic (exact) mass is 303 g/mol. The average molecular weight is 303 g/mol. The van der Waals surface area contributed by atoms with Crippen LogP contribution >= 0.6 is 11.3 Å². The normalized spacial score (nSPS) is 10.6. The van der Waals surface area contributed by atoms with Gasteiger partial charge in [-0.1, -0.05) is 0 Å². The van der Waals surface area contributed by atoms with Gasteiger partial charge in [0, 0.05) is 11.9 Å². The van der Waals surface area contributed by atoms with E-state index in [9.17, 15) is 9.18 Å². The molecule has 1 amide bonds. The molecule has 0 radical (unpaired) electrons. The maximum Gasteiger partial charge on any atom is 0.258 e. The first-order valence-electron chi connectivity index (χ1n) is 5.95. The van der Waals surface area contributed by atoms with Crippen LogP contribution in [-0.4, -0.2) is 15.9 Å². The van der Waals surface area contributed by atoms with E-state index in [1.807, 2.05) is 0 Å². The van der Waals surface area contributed by atoms with Gasteiger partial charge in [0.2, 0.25) is 0 Å². The molecule has 3 rings (SSSR count). The first kappa shape index (κ1) is 13.4. The van der Waals surface area contributed by atoms with E-state index in [1.54, 1.807) is 23.7 Å². The third-order valence-electron chi connectivity index (χ3n) is 2.86. The number of hydrogen-bond donors (Lipinski definition) is 3. The van der Waals surface area contributed by atoms with E-state index in [0.717, 1.165) is 10.2 Å². The number of aromatic nitrogens is 2. The molecule has 2 heterocycles. The van der Waals surface area contributed by atoms with Crippen LogP contribution in [0.25, 0.3) is 10.2 Å². The molecule has 0 bridgehead atoms. The molecular formula is C13H10FN5OS. The second-order valence-corrected chi connectivity index (χ2v) is 5.04. The third-order valence-corrected chi connectivity index (χ3v) is 3.65. The maximum atomic E-state index is 14.0. The van der Waals surface area contributed by atoms with Crippen LogP contribution in [0.1, 0.15) is 10.4 Å². The van der Waals surface area contributed by atoms with Crippen LogP contribution in [0.4, 0.5) is 15.9 Å². The molecule has 4 N–H and O–H groups in total. The molecule has 0 aliphatic rings. The number of anilines is 2. The summed E-state index contributed by atoms with van der Waals surface area (Å²) < 4.78 is 14.9. The summed E-state index contributed by atoms with van der Waals surface area (Å²) in [6.45, 7) is 0. The van der Waals surface area contributed by atoms with Gasteiger partial charge in [-0.25, -0.2) is 20.2 Å². The minimum absolute atomic E-state index is 0.137. The predicted octanol–water partition coefficient (Wildman–Crippen LogP) is 2.37. The summed E-state index contributed by atoms with van der Waals surface area (Å²) in [4.78, 5) is 20.0. The molecule has 0 aliphatic heterocycles. The molecule has 0 atom stereocenters. The third kappa shape index (κ3) is 2.54. The molecule has 0 aliphatic carbocycles. The number of pyridine rings is 1. The van der Waals surface area contributed by atoms with Crippen molar-refractivity contribution in [3.63, 3.8) is 0 Å². The Hall–Kier alpha value is -2.58. The first-order chi connectivity index (χ1) is 10.2. The van der Waals surface area contributed by atoms with Gasteiger partial charge in [-0.05, 0) is 24.3 Å². The van der Waals surface area contributed by atoms with Crippen molar-refractivity contribution in [1.29, 1.82) is 0 Å². The molecule has 21 heavy (non-hydrogen) atoms. The van der Waals surface area contributed by atoms with Crippen molar-refractivity contribution >= 4 is 39.0 Å². The van der Waals surface area contributed by atoms with Gasteiger partial charge in [-0.2, -0.15) is 0 Å². The van der Waals surface area contributed by atoms with Gasteiger partial charge in [0.05, 0.1) is 21.3 Å². The number of fused-ring (bicyclic) bond motifs is 1. The van der Waals surface area contributed by atoms with Gasteiger partial charge in [-0.15, -0.1) is 11.3 Å². The van der Waals surface area contributed by atoms with Gasteiger partial charge in [0.15, 0.2) is 11.6 Å². The fraction of sp³-hybridized carbons (Fsp3) is 0. The van der Waals surface area contributed by atoms with E-state index in [0.29, 0.717) is 5.69 Å². The summed E-state index contributed by atoms with van der Waals surface area (Å²) in [5.74, 6) is 3.58. The summed E-state index contributed by atoms with van der Waals surface area (Å²) >= 11 is 1.46. The lowest BCUT2D eigenvalue weighted by atomic mass is 10.2. The number of nitrogens with zero attached hydrogens (tertiary/aromatic N) is 2. The molecule has 1 aromatic carbocycles. The Morgan fingerprint density at radius 2 is 2.14 bits per heavy atom. The molecule has 0 unspecified atom stereocenters. The van der Waals surface area contributed by atoms with Crippen LogP contribution in [0.2, 0.25) is 0 Å².